The molecule has 0 aromatic heterocycles. The second kappa shape index (κ2) is 23.6. The monoisotopic (exact) mass is 727 g/mol. The van der Waals surface area contributed by atoms with E-state index in [1.165, 1.54) is 7.11 Å². The molecule has 0 fully saturated rings. The molecule has 2 aromatic carbocycles. The summed E-state index contributed by atoms with van der Waals surface area (Å²) in [6, 6.07) is 14.8. The minimum atomic E-state index is -1.12. The Kier molecular flexibility index (Phi) is 18.9. The summed E-state index contributed by atoms with van der Waals surface area (Å²) in [5.41, 5.74) is 4.31. The topological polar surface area (TPSA) is 186 Å². The maximum atomic E-state index is 12.9. The predicted octanol–water partition coefficient (Wildman–Crippen LogP) is 2.61. The minimum Gasteiger partial charge on any atom is -0.467 e. The highest BCUT2D eigenvalue weighted by atomic mass is 16.6. The molecular formula is C37H49N3O12. The Morgan fingerprint density at radius 1 is 0.750 bits per heavy atom. The first kappa shape index (κ1) is 41.6. The van der Waals surface area contributed by atoms with Crippen molar-refractivity contribution in [3.05, 3.63) is 71.5 Å². The molecular weight excluding hydrogens is 678 g/mol. The molecule has 0 saturated heterocycles. The highest BCUT2D eigenvalue weighted by Gasteiger charge is 2.30. The molecule has 1 aliphatic carbocycles. The Balaban J connectivity index is 1.28. The molecule has 2 aromatic rings. The average Bonchev–Trinajstić information content (AvgIpc) is 3.47. The van der Waals surface area contributed by atoms with Crippen LogP contribution in [0.4, 0.5) is 4.79 Å². The third kappa shape index (κ3) is 14.8. The second-order valence-electron chi connectivity index (χ2n) is 11.5. The number of esters is 2. The highest BCUT2D eigenvalue weighted by molar-refractivity contribution is 5.84. The Morgan fingerprint density at radius 2 is 1.31 bits per heavy atom. The van der Waals surface area contributed by atoms with Gasteiger partial charge in [0.05, 0.1) is 46.8 Å². The smallest absolute Gasteiger partial charge is 0.407 e. The number of alkyl carbamates (subject to hydrolysis) is 1. The van der Waals surface area contributed by atoms with Gasteiger partial charge in [-0.3, -0.25) is 9.59 Å². The zero-order chi connectivity index (χ0) is 37.6. The number of rotatable bonds is 24. The zero-order valence-corrected chi connectivity index (χ0v) is 29.9. The fourth-order valence-corrected chi connectivity index (χ4v) is 5.08. The van der Waals surface area contributed by atoms with Crippen molar-refractivity contribution in [1.82, 2.24) is 16.0 Å². The zero-order valence-electron chi connectivity index (χ0n) is 29.9. The van der Waals surface area contributed by atoms with Crippen molar-refractivity contribution in [2.45, 2.75) is 38.6 Å². The van der Waals surface area contributed by atoms with Crippen LogP contribution in [0.3, 0.4) is 0 Å². The van der Waals surface area contributed by atoms with E-state index >= 15 is 0 Å². The number of benzene rings is 2. The lowest BCUT2D eigenvalue weighted by Crippen LogP contribution is -2.43. The van der Waals surface area contributed by atoms with Crippen LogP contribution in [0.1, 0.15) is 43.7 Å². The summed E-state index contributed by atoms with van der Waals surface area (Å²) in [7, 11) is 1.28. The summed E-state index contributed by atoms with van der Waals surface area (Å²) >= 11 is 0. The quantitative estimate of drug-likeness (QED) is 0.0623. The Bertz CT molecular complexity index is 1450. The lowest BCUT2D eigenvalue weighted by molar-refractivity contribution is -0.146. The molecule has 0 heterocycles. The number of carbonyl (C=O) groups is 5. The molecule has 0 unspecified atom stereocenters. The van der Waals surface area contributed by atoms with Crippen molar-refractivity contribution in [2.75, 3.05) is 79.7 Å². The molecule has 0 spiro atoms. The Hall–Kier alpha value is -4.83. The van der Waals surface area contributed by atoms with Crippen molar-refractivity contribution in [3.63, 3.8) is 0 Å². The van der Waals surface area contributed by atoms with E-state index in [-0.39, 0.29) is 103 Å². The fraction of sp³-hybridized carbons (Fsp3) is 0.486. The first-order chi connectivity index (χ1) is 25.2. The van der Waals surface area contributed by atoms with Gasteiger partial charge in [0.15, 0.2) is 0 Å². The summed E-state index contributed by atoms with van der Waals surface area (Å²) in [5, 5.41) is 7.92. The van der Waals surface area contributed by atoms with Gasteiger partial charge < -0.3 is 49.1 Å². The van der Waals surface area contributed by atoms with Crippen LogP contribution in [-0.2, 0) is 52.3 Å². The number of hydrogen-bond donors (Lipinski definition) is 3. The van der Waals surface area contributed by atoms with Crippen LogP contribution in [0.5, 0.6) is 0 Å². The van der Waals surface area contributed by atoms with Gasteiger partial charge in [-0.15, -0.1) is 0 Å². The van der Waals surface area contributed by atoms with Crippen molar-refractivity contribution in [3.8, 4) is 11.1 Å². The first-order valence-corrected chi connectivity index (χ1v) is 17.1. The second-order valence-corrected chi connectivity index (χ2v) is 11.5. The fourth-order valence-electron chi connectivity index (χ4n) is 5.08. The van der Waals surface area contributed by atoms with E-state index in [1.807, 2.05) is 48.5 Å². The molecule has 52 heavy (non-hydrogen) atoms. The molecule has 1 aliphatic rings. The van der Waals surface area contributed by atoms with E-state index in [4.69, 9.17) is 28.4 Å². The van der Waals surface area contributed by atoms with Crippen molar-refractivity contribution in [2.24, 2.45) is 0 Å². The molecule has 0 bridgehead atoms. The lowest BCUT2D eigenvalue weighted by atomic mass is 9.98. The van der Waals surface area contributed by atoms with Crippen molar-refractivity contribution in [1.29, 1.82) is 0 Å². The van der Waals surface area contributed by atoms with Gasteiger partial charge in [-0.1, -0.05) is 48.5 Å². The van der Waals surface area contributed by atoms with E-state index in [1.54, 1.807) is 19.9 Å². The average molecular weight is 728 g/mol. The van der Waals surface area contributed by atoms with Gasteiger partial charge >= 0.3 is 18.0 Å². The normalized spacial score (nSPS) is 12.6. The number of methoxy groups -OCH3 is 1. The van der Waals surface area contributed by atoms with Gasteiger partial charge in [-0.25, -0.2) is 14.4 Å². The largest absolute Gasteiger partial charge is 0.467 e. The van der Waals surface area contributed by atoms with Crippen LogP contribution in [0, 0.1) is 0 Å². The number of allylic oxidation sites excluding steroid dienone is 2. The van der Waals surface area contributed by atoms with Crippen LogP contribution in [0.15, 0.2) is 60.4 Å². The molecule has 15 heteroatoms. The predicted molar refractivity (Wildman–Crippen MR) is 188 cm³/mol. The Labute approximate surface area is 303 Å². The summed E-state index contributed by atoms with van der Waals surface area (Å²) in [5.74, 6) is -1.62. The highest BCUT2D eigenvalue weighted by Crippen LogP contribution is 2.44. The molecule has 15 nitrogen and oxygen atoms in total. The van der Waals surface area contributed by atoms with E-state index in [9.17, 15) is 24.0 Å². The Morgan fingerprint density at radius 3 is 1.90 bits per heavy atom. The summed E-state index contributed by atoms with van der Waals surface area (Å²) in [6.45, 7) is 4.97. The third-order valence-electron chi connectivity index (χ3n) is 7.81. The third-order valence-corrected chi connectivity index (χ3v) is 7.81. The molecule has 3 N–H and O–H groups in total. The molecule has 0 radical (unpaired) electrons. The summed E-state index contributed by atoms with van der Waals surface area (Å²) in [4.78, 5) is 61.0. The van der Waals surface area contributed by atoms with Gasteiger partial charge in [0.2, 0.25) is 11.8 Å². The number of amides is 3. The molecule has 1 atom stereocenters. The lowest BCUT2D eigenvalue weighted by Gasteiger charge is -2.19. The first-order valence-electron chi connectivity index (χ1n) is 17.1. The standard InChI is InChI=1S/C37H49N3O12/c1-4-26(2)52-36(44)32(40-37(45)51-23-31-29-11-7-5-9-27(29)28-10-6-8-12-30(28)31)13-14-33(41)38-15-17-47-19-21-49-24-34(42)39-16-18-48-20-22-50-25-35(43)46-3/h4-12,31-32H,13-25H2,1-3H3,(H,38,41)(H,39,42)(H,40,45)/b26-4+/t32-/m0/s1. The van der Waals surface area contributed by atoms with Crippen LogP contribution < -0.4 is 16.0 Å². The molecule has 0 aliphatic heterocycles. The van der Waals surface area contributed by atoms with Gasteiger partial charge in [0.1, 0.15) is 31.6 Å². The van der Waals surface area contributed by atoms with Crippen LogP contribution in [0.25, 0.3) is 11.1 Å². The van der Waals surface area contributed by atoms with Gasteiger partial charge in [0, 0.05) is 25.4 Å². The van der Waals surface area contributed by atoms with Crippen LogP contribution in [0.2, 0.25) is 0 Å². The summed E-state index contributed by atoms with van der Waals surface area (Å²) in [6.07, 6.45) is 0.745. The van der Waals surface area contributed by atoms with Crippen molar-refractivity contribution < 1.29 is 57.1 Å². The van der Waals surface area contributed by atoms with Gasteiger partial charge in [-0.2, -0.15) is 0 Å². The van der Waals surface area contributed by atoms with Crippen LogP contribution >= 0.6 is 0 Å². The van der Waals surface area contributed by atoms with E-state index in [0.29, 0.717) is 5.76 Å². The van der Waals surface area contributed by atoms with Gasteiger partial charge in [0.25, 0.3) is 0 Å². The number of carbonyl (C=O) groups excluding carboxylic acids is 5. The van der Waals surface area contributed by atoms with E-state index in [0.717, 1.165) is 22.3 Å². The number of hydrogen-bond acceptors (Lipinski definition) is 12. The SMILES string of the molecule is C/C=C(\C)OC(=O)[C@H](CCC(=O)NCCOCCOCC(=O)NCCOCCOCC(=O)OC)NC(=O)OCC1c2ccccc2-c2ccccc21. The summed E-state index contributed by atoms with van der Waals surface area (Å²) < 4.78 is 36.4. The minimum absolute atomic E-state index is 0.0137. The van der Waals surface area contributed by atoms with Crippen molar-refractivity contribution >= 4 is 29.8 Å². The number of ether oxygens (including phenoxy) is 7. The van der Waals surface area contributed by atoms with Crippen LogP contribution in [-0.4, -0.2) is 116 Å². The molecule has 3 rings (SSSR count). The van der Waals surface area contributed by atoms with Gasteiger partial charge in [-0.05, 0) is 48.6 Å². The number of nitrogens with one attached hydrogen (secondary N) is 3. The maximum absolute atomic E-state index is 12.9. The molecule has 3 amide bonds. The number of fused-ring (bicyclic) bond motifs is 3. The van der Waals surface area contributed by atoms with E-state index < -0.39 is 24.1 Å². The molecule has 0 saturated carbocycles. The van der Waals surface area contributed by atoms with E-state index in [2.05, 4.69) is 20.7 Å². The maximum Gasteiger partial charge on any atom is 0.407 e. The molecule has 284 valence electrons.